The molecule has 1 aliphatic rings. The first-order valence-corrected chi connectivity index (χ1v) is 9.09. The van der Waals surface area contributed by atoms with Crippen LogP contribution in [0.4, 0.5) is 0 Å². The Kier molecular flexibility index (Phi) is 4.66. The van der Waals surface area contributed by atoms with E-state index in [0.717, 1.165) is 24.1 Å². The third-order valence-corrected chi connectivity index (χ3v) is 7.42. The summed E-state index contributed by atoms with van der Waals surface area (Å²) in [6, 6.07) is 3.77. The SMILES string of the molecule is CCc1ccc(S(=O)(=O)N2CCC(N)C(CC)C2)s1. The molecule has 0 bridgehead atoms. The first-order valence-electron chi connectivity index (χ1n) is 6.83. The van der Waals surface area contributed by atoms with Gasteiger partial charge in [-0.25, -0.2) is 8.42 Å². The number of rotatable bonds is 4. The first kappa shape index (κ1) is 15.0. The van der Waals surface area contributed by atoms with E-state index in [-0.39, 0.29) is 12.0 Å². The number of aryl methyl sites for hydroxylation is 1. The van der Waals surface area contributed by atoms with Crippen molar-refractivity contribution in [2.24, 2.45) is 11.7 Å². The molecule has 1 aromatic rings. The van der Waals surface area contributed by atoms with E-state index < -0.39 is 10.0 Å². The highest BCUT2D eigenvalue weighted by Crippen LogP contribution is 2.29. The van der Waals surface area contributed by atoms with Crippen molar-refractivity contribution >= 4 is 21.4 Å². The fourth-order valence-corrected chi connectivity index (χ4v) is 5.44. The van der Waals surface area contributed by atoms with E-state index >= 15 is 0 Å². The van der Waals surface area contributed by atoms with Crippen LogP contribution in [0.25, 0.3) is 0 Å². The van der Waals surface area contributed by atoms with Gasteiger partial charge in [-0.05, 0) is 30.9 Å². The highest BCUT2D eigenvalue weighted by molar-refractivity contribution is 7.91. The van der Waals surface area contributed by atoms with Gasteiger partial charge in [0.2, 0.25) is 0 Å². The second-order valence-electron chi connectivity index (χ2n) is 5.06. The van der Waals surface area contributed by atoms with Crippen LogP contribution in [-0.4, -0.2) is 31.9 Å². The van der Waals surface area contributed by atoms with Gasteiger partial charge < -0.3 is 5.73 Å². The Morgan fingerprint density at radius 1 is 1.42 bits per heavy atom. The molecule has 2 N–H and O–H groups in total. The molecule has 1 aromatic heterocycles. The minimum atomic E-state index is -3.32. The number of nitrogens with two attached hydrogens (primary N) is 1. The molecular formula is C13H22N2O2S2. The van der Waals surface area contributed by atoms with Crippen LogP contribution in [0.15, 0.2) is 16.3 Å². The zero-order valence-electron chi connectivity index (χ0n) is 11.5. The van der Waals surface area contributed by atoms with Gasteiger partial charge in [0, 0.05) is 24.0 Å². The largest absolute Gasteiger partial charge is 0.327 e. The van der Waals surface area contributed by atoms with Crippen LogP contribution in [0.3, 0.4) is 0 Å². The van der Waals surface area contributed by atoms with Gasteiger partial charge in [0.25, 0.3) is 10.0 Å². The number of piperidine rings is 1. The number of sulfonamides is 1. The lowest BCUT2D eigenvalue weighted by Gasteiger charge is -2.35. The van der Waals surface area contributed by atoms with E-state index in [2.05, 4.69) is 6.92 Å². The second-order valence-corrected chi connectivity index (χ2v) is 8.39. The Morgan fingerprint density at radius 2 is 2.16 bits per heavy atom. The lowest BCUT2D eigenvalue weighted by molar-refractivity contribution is 0.231. The van der Waals surface area contributed by atoms with Crippen LogP contribution < -0.4 is 5.73 Å². The molecule has 0 radical (unpaired) electrons. The van der Waals surface area contributed by atoms with Crippen molar-refractivity contribution in [3.8, 4) is 0 Å². The number of nitrogens with zero attached hydrogens (tertiary/aromatic N) is 1. The molecule has 1 aliphatic heterocycles. The Hall–Kier alpha value is -0.430. The fraction of sp³-hybridized carbons (Fsp3) is 0.692. The van der Waals surface area contributed by atoms with Crippen molar-refractivity contribution in [2.45, 2.75) is 43.4 Å². The summed E-state index contributed by atoms with van der Waals surface area (Å²) in [5, 5.41) is 0. The lowest BCUT2D eigenvalue weighted by atomic mass is 9.92. The molecule has 0 amide bonds. The van der Waals surface area contributed by atoms with Gasteiger partial charge in [0.05, 0.1) is 0 Å². The Morgan fingerprint density at radius 3 is 2.74 bits per heavy atom. The maximum absolute atomic E-state index is 12.6. The Bertz CT molecular complexity index is 525. The van der Waals surface area contributed by atoms with Crippen molar-refractivity contribution in [3.63, 3.8) is 0 Å². The van der Waals surface area contributed by atoms with Crippen LogP contribution >= 0.6 is 11.3 Å². The summed E-state index contributed by atoms with van der Waals surface area (Å²) in [7, 11) is -3.32. The predicted octanol–water partition coefficient (Wildman–Crippen LogP) is 2.06. The Balaban J connectivity index is 2.20. The molecule has 2 atom stereocenters. The average Bonchev–Trinajstić information content (AvgIpc) is 2.88. The fourth-order valence-electron chi connectivity index (χ4n) is 2.48. The second kappa shape index (κ2) is 5.91. The zero-order chi connectivity index (χ0) is 14.0. The quantitative estimate of drug-likeness (QED) is 0.926. The molecule has 0 aliphatic carbocycles. The van der Waals surface area contributed by atoms with Crippen LogP contribution in [0.1, 0.15) is 31.6 Å². The summed E-state index contributed by atoms with van der Waals surface area (Å²) in [6.07, 6.45) is 2.56. The maximum atomic E-state index is 12.6. The van der Waals surface area contributed by atoms with Crippen molar-refractivity contribution in [1.82, 2.24) is 4.31 Å². The van der Waals surface area contributed by atoms with E-state index in [9.17, 15) is 8.42 Å². The molecule has 1 saturated heterocycles. The van der Waals surface area contributed by atoms with Gasteiger partial charge in [0.1, 0.15) is 4.21 Å². The molecule has 2 rings (SSSR count). The normalized spacial score (nSPS) is 25.6. The highest BCUT2D eigenvalue weighted by Gasteiger charge is 2.33. The van der Waals surface area contributed by atoms with Crippen molar-refractivity contribution < 1.29 is 8.42 Å². The van der Waals surface area contributed by atoms with Crippen LogP contribution in [0.5, 0.6) is 0 Å². The average molecular weight is 302 g/mol. The summed E-state index contributed by atoms with van der Waals surface area (Å²) in [5.74, 6) is 0.272. The van der Waals surface area contributed by atoms with Gasteiger partial charge in [-0.1, -0.05) is 20.3 Å². The van der Waals surface area contributed by atoms with Crippen LogP contribution in [0, 0.1) is 5.92 Å². The monoisotopic (exact) mass is 302 g/mol. The van der Waals surface area contributed by atoms with E-state index in [1.807, 2.05) is 13.0 Å². The molecule has 108 valence electrons. The molecule has 0 saturated carbocycles. The third kappa shape index (κ3) is 3.02. The van der Waals surface area contributed by atoms with Gasteiger partial charge >= 0.3 is 0 Å². The summed E-state index contributed by atoms with van der Waals surface area (Å²) in [5.41, 5.74) is 6.04. The summed E-state index contributed by atoms with van der Waals surface area (Å²) in [6.45, 7) is 5.20. The number of hydrogen-bond acceptors (Lipinski definition) is 4. The molecule has 0 aromatic carbocycles. The lowest BCUT2D eigenvalue weighted by Crippen LogP contribution is -2.48. The third-order valence-electron chi connectivity index (χ3n) is 3.86. The van der Waals surface area contributed by atoms with E-state index in [0.29, 0.717) is 17.3 Å². The molecule has 6 heteroatoms. The molecular weight excluding hydrogens is 280 g/mol. The van der Waals surface area contributed by atoms with Crippen LogP contribution in [-0.2, 0) is 16.4 Å². The maximum Gasteiger partial charge on any atom is 0.252 e. The number of thiophene rings is 1. The minimum absolute atomic E-state index is 0.131. The summed E-state index contributed by atoms with van der Waals surface area (Å²) >= 11 is 1.38. The molecule has 2 heterocycles. The Labute approximate surface area is 119 Å². The highest BCUT2D eigenvalue weighted by atomic mass is 32.2. The van der Waals surface area contributed by atoms with Gasteiger partial charge in [-0.2, -0.15) is 4.31 Å². The molecule has 2 unspecified atom stereocenters. The van der Waals surface area contributed by atoms with E-state index in [4.69, 9.17) is 5.73 Å². The molecule has 4 nitrogen and oxygen atoms in total. The predicted molar refractivity (Wildman–Crippen MR) is 78.8 cm³/mol. The summed E-state index contributed by atoms with van der Waals surface area (Å²) < 4.78 is 27.2. The summed E-state index contributed by atoms with van der Waals surface area (Å²) in [4.78, 5) is 1.11. The standard InChI is InChI=1S/C13H22N2O2S2/c1-3-10-9-15(8-7-12(10)14)19(16,17)13-6-5-11(4-2)18-13/h5-6,10,12H,3-4,7-9,14H2,1-2H3. The van der Waals surface area contributed by atoms with E-state index in [1.165, 1.54) is 11.3 Å². The molecule has 19 heavy (non-hydrogen) atoms. The topological polar surface area (TPSA) is 63.4 Å². The molecule has 0 spiro atoms. The zero-order valence-corrected chi connectivity index (χ0v) is 13.1. The minimum Gasteiger partial charge on any atom is -0.327 e. The van der Waals surface area contributed by atoms with Crippen molar-refractivity contribution in [2.75, 3.05) is 13.1 Å². The van der Waals surface area contributed by atoms with Crippen molar-refractivity contribution in [1.29, 1.82) is 0 Å². The van der Waals surface area contributed by atoms with Crippen molar-refractivity contribution in [3.05, 3.63) is 17.0 Å². The van der Waals surface area contributed by atoms with E-state index in [1.54, 1.807) is 10.4 Å². The first-order chi connectivity index (χ1) is 8.98. The number of hydrogen-bond donors (Lipinski definition) is 1. The van der Waals surface area contributed by atoms with Crippen LogP contribution in [0.2, 0.25) is 0 Å². The van der Waals surface area contributed by atoms with Gasteiger partial charge in [-0.3, -0.25) is 0 Å². The molecule has 1 fully saturated rings. The van der Waals surface area contributed by atoms with Gasteiger partial charge in [0.15, 0.2) is 0 Å². The smallest absolute Gasteiger partial charge is 0.252 e. The van der Waals surface area contributed by atoms with Gasteiger partial charge in [-0.15, -0.1) is 11.3 Å².